The van der Waals surface area contributed by atoms with E-state index in [0.29, 0.717) is 5.56 Å². The third-order valence-electron chi connectivity index (χ3n) is 1.60. The van der Waals surface area contributed by atoms with E-state index in [0.717, 1.165) is 6.20 Å². The molecule has 0 radical (unpaired) electrons. The molecule has 0 bridgehead atoms. The van der Waals surface area contributed by atoms with E-state index >= 15 is 0 Å². The molecular weight excluding hydrogens is 204 g/mol. The van der Waals surface area contributed by atoms with Crippen LogP contribution in [0.2, 0.25) is 0 Å². The van der Waals surface area contributed by atoms with E-state index in [1.165, 1.54) is 13.0 Å². The van der Waals surface area contributed by atoms with E-state index < -0.39 is 17.5 Å². The Bertz CT molecular complexity index is 404. The monoisotopic (exact) mass is 212 g/mol. The van der Waals surface area contributed by atoms with Crippen LogP contribution in [0, 0.1) is 17.0 Å². The fourth-order valence-electron chi connectivity index (χ4n) is 0.929. The lowest BCUT2D eigenvalue weighted by Crippen LogP contribution is -2.10. The quantitative estimate of drug-likeness (QED) is 0.583. The van der Waals surface area contributed by atoms with Gasteiger partial charge in [-0.25, -0.2) is 9.78 Å². The van der Waals surface area contributed by atoms with Gasteiger partial charge < -0.3 is 9.84 Å². The topological polar surface area (TPSA) is 103 Å². The van der Waals surface area contributed by atoms with Crippen LogP contribution in [-0.4, -0.2) is 27.6 Å². The lowest BCUT2D eigenvalue weighted by Gasteiger charge is -2.02. The van der Waals surface area contributed by atoms with E-state index in [1.54, 1.807) is 0 Å². The van der Waals surface area contributed by atoms with Crippen molar-refractivity contribution in [3.8, 4) is 5.88 Å². The van der Waals surface area contributed by atoms with Gasteiger partial charge in [0.15, 0.2) is 6.61 Å². The fraction of sp³-hybridized carbons (Fsp3) is 0.250. The molecular formula is C8H8N2O5. The van der Waals surface area contributed by atoms with Crippen LogP contribution in [0.4, 0.5) is 5.69 Å². The Morgan fingerprint density at radius 1 is 1.73 bits per heavy atom. The van der Waals surface area contributed by atoms with Crippen LogP contribution in [-0.2, 0) is 4.79 Å². The third kappa shape index (κ3) is 2.90. The molecule has 0 spiro atoms. The lowest BCUT2D eigenvalue weighted by atomic mass is 10.2. The number of hydrogen-bond donors (Lipinski definition) is 1. The summed E-state index contributed by atoms with van der Waals surface area (Å²) in [4.78, 5) is 23.6. The van der Waals surface area contributed by atoms with Crippen LogP contribution in [0.25, 0.3) is 0 Å². The van der Waals surface area contributed by atoms with Gasteiger partial charge in [0.25, 0.3) is 5.69 Å². The van der Waals surface area contributed by atoms with Crippen molar-refractivity contribution < 1.29 is 19.6 Å². The smallest absolute Gasteiger partial charge is 0.341 e. The second-order valence-electron chi connectivity index (χ2n) is 2.75. The van der Waals surface area contributed by atoms with Crippen molar-refractivity contribution in [3.05, 3.63) is 27.9 Å². The van der Waals surface area contributed by atoms with Crippen molar-refractivity contribution >= 4 is 11.7 Å². The summed E-state index contributed by atoms with van der Waals surface area (Å²) < 4.78 is 4.75. The minimum absolute atomic E-state index is 0.0560. The van der Waals surface area contributed by atoms with Crippen LogP contribution in [0.1, 0.15) is 5.56 Å². The van der Waals surface area contributed by atoms with E-state index in [9.17, 15) is 14.9 Å². The Labute approximate surface area is 84.5 Å². The Kier molecular flexibility index (Phi) is 3.17. The van der Waals surface area contributed by atoms with Gasteiger partial charge in [0.05, 0.1) is 4.92 Å². The number of nitrogens with zero attached hydrogens (tertiary/aromatic N) is 2. The second-order valence-corrected chi connectivity index (χ2v) is 2.75. The molecule has 1 heterocycles. The molecule has 7 heteroatoms. The van der Waals surface area contributed by atoms with Crippen molar-refractivity contribution in [2.45, 2.75) is 6.92 Å². The molecule has 0 unspecified atom stereocenters. The zero-order valence-corrected chi connectivity index (χ0v) is 7.84. The number of aryl methyl sites for hydroxylation is 1. The maximum atomic E-state index is 10.4. The number of carboxylic acid groups (broad SMARTS) is 1. The summed E-state index contributed by atoms with van der Waals surface area (Å²) in [6.07, 6.45) is 1.03. The molecule has 0 aliphatic heterocycles. The number of ether oxygens (including phenoxy) is 1. The van der Waals surface area contributed by atoms with E-state index in [2.05, 4.69) is 4.98 Å². The van der Waals surface area contributed by atoms with Crippen LogP contribution < -0.4 is 4.74 Å². The van der Waals surface area contributed by atoms with Gasteiger partial charge in [0.1, 0.15) is 6.20 Å². The first-order valence-electron chi connectivity index (χ1n) is 3.96. The highest BCUT2D eigenvalue weighted by Crippen LogP contribution is 2.19. The van der Waals surface area contributed by atoms with Crippen molar-refractivity contribution in [1.82, 2.24) is 4.98 Å². The maximum Gasteiger partial charge on any atom is 0.341 e. The molecule has 0 fully saturated rings. The highest BCUT2D eigenvalue weighted by molar-refractivity contribution is 5.68. The zero-order valence-electron chi connectivity index (χ0n) is 7.84. The number of pyridine rings is 1. The van der Waals surface area contributed by atoms with Gasteiger partial charge in [-0.05, 0) is 6.92 Å². The third-order valence-corrected chi connectivity index (χ3v) is 1.60. The Balaban J connectivity index is 2.82. The number of aliphatic carboxylic acids is 1. The van der Waals surface area contributed by atoms with Gasteiger partial charge in [-0.15, -0.1) is 0 Å². The molecule has 15 heavy (non-hydrogen) atoms. The molecule has 0 aliphatic rings. The van der Waals surface area contributed by atoms with Crippen LogP contribution >= 0.6 is 0 Å². The Hall–Kier alpha value is -2.18. The molecule has 80 valence electrons. The van der Waals surface area contributed by atoms with Gasteiger partial charge in [0.2, 0.25) is 5.88 Å². The number of nitro groups is 1. The highest BCUT2D eigenvalue weighted by Gasteiger charge is 2.12. The minimum Gasteiger partial charge on any atom is -0.479 e. The summed E-state index contributed by atoms with van der Waals surface area (Å²) in [7, 11) is 0. The first-order chi connectivity index (χ1) is 7.00. The van der Waals surface area contributed by atoms with E-state index in [1.807, 2.05) is 0 Å². The lowest BCUT2D eigenvalue weighted by molar-refractivity contribution is -0.385. The van der Waals surface area contributed by atoms with Crippen molar-refractivity contribution in [2.24, 2.45) is 0 Å². The fourth-order valence-corrected chi connectivity index (χ4v) is 0.929. The number of rotatable bonds is 4. The minimum atomic E-state index is -1.13. The molecule has 0 amide bonds. The second kappa shape index (κ2) is 4.36. The molecule has 0 saturated heterocycles. The van der Waals surface area contributed by atoms with Gasteiger partial charge in [-0.3, -0.25) is 10.1 Å². The van der Waals surface area contributed by atoms with E-state index in [4.69, 9.17) is 9.84 Å². The summed E-state index contributed by atoms with van der Waals surface area (Å²) in [6.45, 7) is 0.998. The predicted octanol–water partition coefficient (Wildman–Crippen LogP) is 0.762. The number of carboxylic acids is 1. The van der Waals surface area contributed by atoms with Crippen LogP contribution in [0.15, 0.2) is 12.3 Å². The molecule has 1 N–H and O–H groups in total. The molecule has 1 aromatic rings. The number of aromatic nitrogens is 1. The molecule has 0 aliphatic carbocycles. The maximum absolute atomic E-state index is 10.4. The molecule has 0 saturated carbocycles. The van der Waals surface area contributed by atoms with Crippen LogP contribution in [0.3, 0.4) is 0 Å². The molecule has 0 atom stereocenters. The van der Waals surface area contributed by atoms with Crippen molar-refractivity contribution in [1.29, 1.82) is 0 Å². The van der Waals surface area contributed by atoms with Gasteiger partial charge in [-0.2, -0.15) is 0 Å². The molecule has 0 aromatic carbocycles. The molecule has 1 aromatic heterocycles. The van der Waals surface area contributed by atoms with E-state index in [-0.39, 0.29) is 11.6 Å². The van der Waals surface area contributed by atoms with Crippen molar-refractivity contribution in [2.75, 3.05) is 6.61 Å². The predicted molar refractivity (Wildman–Crippen MR) is 48.8 cm³/mol. The standard InChI is InChI=1S/C8H8N2O5/c1-5-2-7(15-4-8(11)12)9-3-6(5)10(13)14/h2-3H,4H2,1H3,(H,11,12). The summed E-state index contributed by atoms with van der Waals surface area (Å²) in [5, 5.41) is 18.8. The van der Waals surface area contributed by atoms with Gasteiger partial charge in [-0.1, -0.05) is 0 Å². The van der Waals surface area contributed by atoms with Gasteiger partial charge in [0, 0.05) is 11.6 Å². The van der Waals surface area contributed by atoms with Crippen molar-refractivity contribution in [3.63, 3.8) is 0 Å². The average molecular weight is 212 g/mol. The summed E-state index contributed by atoms with van der Waals surface area (Å²) in [5.41, 5.74) is 0.244. The van der Waals surface area contributed by atoms with Gasteiger partial charge >= 0.3 is 5.97 Å². The average Bonchev–Trinajstić information content (AvgIpc) is 2.14. The normalized spacial score (nSPS) is 9.67. The SMILES string of the molecule is Cc1cc(OCC(=O)O)ncc1[N+](=O)[O-]. The largest absolute Gasteiger partial charge is 0.479 e. The highest BCUT2D eigenvalue weighted by atomic mass is 16.6. The van der Waals surface area contributed by atoms with Crippen LogP contribution in [0.5, 0.6) is 5.88 Å². The Morgan fingerprint density at radius 2 is 2.40 bits per heavy atom. The summed E-state index contributed by atoms with van der Waals surface area (Å²) in [5.74, 6) is -1.08. The summed E-state index contributed by atoms with van der Waals surface area (Å²) >= 11 is 0. The molecule has 7 nitrogen and oxygen atoms in total. The number of hydrogen-bond acceptors (Lipinski definition) is 5. The summed E-state index contributed by atoms with van der Waals surface area (Å²) in [6, 6.07) is 1.32. The first kappa shape index (κ1) is 10.9. The zero-order chi connectivity index (χ0) is 11.4. The molecule has 1 rings (SSSR count). The Morgan fingerprint density at radius 3 is 2.87 bits per heavy atom. The first-order valence-corrected chi connectivity index (χ1v) is 3.96. The number of carbonyl (C=O) groups is 1.